The number of halogens is 1. The monoisotopic (exact) mass is 190 g/mol. The van der Waals surface area contributed by atoms with Crippen LogP contribution in [0.15, 0.2) is 0 Å². The molecule has 0 spiro atoms. The van der Waals surface area contributed by atoms with Gasteiger partial charge in [-0.3, -0.25) is 0 Å². The molecule has 0 aromatic carbocycles. The lowest BCUT2D eigenvalue weighted by molar-refractivity contribution is 0.654. The van der Waals surface area contributed by atoms with Gasteiger partial charge in [-0.1, -0.05) is 25.4 Å². The van der Waals surface area contributed by atoms with E-state index in [-0.39, 0.29) is 0 Å². The second-order valence-corrected chi connectivity index (χ2v) is 4.14. The summed E-state index contributed by atoms with van der Waals surface area (Å²) in [5, 5.41) is 0.642. The molecule has 11 heavy (non-hydrogen) atoms. The molecule has 0 saturated heterocycles. The van der Waals surface area contributed by atoms with Crippen LogP contribution in [0.4, 0.5) is 5.82 Å². The van der Waals surface area contributed by atoms with Crippen LogP contribution >= 0.6 is 23.1 Å². The molecule has 0 saturated carbocycles. The van der Waals surface area contributed by atoms with Crippen molar-refractivity contribution in [2.75, 3.05) is 5.73 Å². The minimum atomic E-state index is 0.465. The summed E-state index contributed by atoms with van der Waals surface area (Å²) in [4.78, 5) is 1.10. The van der Waals surface area contributed by atoms with Crippen LogP contribution < -0.4 is 5.73 Å². The molecule has 1 aromatic rings. The van der Waals surface area contributed by atoms with Crippen molar-refractivity contribution < 1.29 is 0 Å². The first-order chi connectivity index (χ1) is 5.11. The van der Waals surface area contributed by atoms with Crippen LogP contribution in [0.1, 0.15) is 18.7 Å². The zero-order valence-corrected chi connectivity index (χ0v) is 8.17. The van der Waals surface area contributed by atoms with Crippen LogP contribution in [0.25, 0.3) is 0 Å². The number of rotatable bonds is 2. The second-order valence-electron chi connectivity index (χ2n) is 2.90. The number of nitrogens with two attached hydrogens (primary N) is 1. The second kappa shape index (κ2) is 3.41. The molecule has 0 amide bonds. The van der Waals surface area contributed by atoms with E-state index in [0.717, 1.165) is 11.3 Å². The SMILES string of the molecule is CC(C)Cc1snc(N)c1Cl. The maximum atomic E-state index is 5.88. The first-order valence-corrected chi connectivity index (χ1v) is 4.66. The molecule has 0 atom stereocenters. The molecule has 1 heterocycles. The molecule has 0 fully saturated rings. The predicted molar refractivity (Wildman–Crippen MR) is 50.1 cm³/mol. The van der Waals surface area contributed by atoms with Crippen molar-refractivity contribution in [2.24, 2.45) is 5.92 Å². The van der Waals surface area contributed by atoms with Crippen LogP contribution in [-0.4, -0.2) is 4.37 Å². The topological polar surface area (TPSA) is 38.9 Å². The van der Waals surface area contributed by atoms with Gasteiger partial charge in [-0.05, 0) is 23.9 Å². The van der Waals surface area contributed by atoms with Gasteiger partial charge in [0.2, 0.25) is 0 Å². The van der Waals surface area contributed by atoms with Crippen molar-refractivity contribution in [3.8, 4) is 0 Å². The van der Waals surface area contributed by atoms with E-state index in [0.29, 0.717) is 16.8 Å². The molecule has 62 valence electrons. The van der Waals surface area contributed by atoms with Crippen LogP contribution in [0.3, 0.4) is 0 Å². The molecule has 4 heteroatoms. The highest BCUT2D eigenvalue weighted by Crippen LogP contribution is 2.28. The van der Waals surface area contributed by atoms with Gasteiger partial charge in [-0.2, -0.15) is 4.37 Å². The Balaban J connectivity index is 2.79. The molecule has 2 N–H and O–H groups in total. The fraction of sp³-hybridized carbons (Fsp3) is 0.571. The smallest absolute Gasteiger partial charge is 0.156 e. The van der Waals surface area contributed by atoms with Gasteiger partial charge in [0.05, 0.1) is 5.02 Å². The molecule has 0 radical (unpaired) electrons. The Morgan fingerprint density at radius 3 is 2.64 bits per heavy atom. The van der Waals surface area contributed by atoms with Crippen molar-refractivity contribution in [1.29, 1.82) is 0 Å². The summed E-state index contributed by atoms with van der Waals surface area (Å²) in [5.41, 5.74) is 5.48. The van der Waals surface area contributed by atoms with Gasteiger partial charge in [0, 0.05) is 4.88 Å². The minimum absolute atomic E-state index is 0.465. The number of hydrogen-bond acceptors (Lipinski definition) is 3. The Hall–Kier alpha value is -0.280. The van der Waals surface area contributed by atoms with Crippen molar-refractivity contribution in [2.45, 2.75) is 20.3 Å². The predicted octanol–water partition coefficient (Wildman–Crippen LogP) is 2.58. The number of hydrogen-bond donors (Lipinski definition) is 1. The average molecular weight is 191 g/mol. The van der Waals surface area contributed by atoms with Gasteiger partial charge < -0.3 is 5.73 Å². The first kappa shape index (κ1) is 8.81. The quantitative estimate of drug-likeness (QED) is 0.779. The number of anilines is 1. The summed E-state index contributed by atoms with van der Waals surface area (Å²) >= 11 is 7.27. The molecular weight excluding hydrogens is 180 g/mol. The van der Waals surface area contributed by atoms with Crippen molar-refractivity contribution in [3.05, 3.63) is 9.90 Å². The van der Waals surface area contributed by atoms with Crippen molar-refractivity contribution in [3.63, 3.8) is 0 Å². The maximum absolute atomic E-state index is 5.88. The molecule has 0 unspecified atom stereocenters. The van der Waals surface area contributed by atoms with Gasteiger partial charge >= 0.3 is 0 Å². The van der Waals surface area contributed by atoms with Gasteiger partial charge in [-0.25, -0.2) is 0 Å². The number of nitrogens with zero attached hydrogens (tertiary/aromatic N) is 1. The highest BCUT2D eigenvalue weighted by atomic mass is 35.5. The summed E-state index contributed by atoms with van der Waals surface area (Å²) in [5.74, 6) is 1.07. The van der Waals surface area contributed by atoms with E-state index in [2.05, 4.69) is 18.2 Å². The summed E-state index contributed by atoms with van der Waals surface area (Å²) in [6, 6.07) is 0. The van der Waals surface area contributed by atoms with Crippen LogP contribution in [0, 0.1) is 5.92 Å². The third kappa shape index (κ3) is 2.07. The number of aromatic nitrogens is 1. The van der Waals surface area contributed by atoms with E-state index in [1.807, 2.05) is 0 Å². The van der Waals surface area contributed by atoms with E-state index >= 15 is 0 Å². The van der Waals surface area contributed by atoms with E-state index in [9.17, 15) is 0 Å². The standard InChI is InChI=1S/C7H11ClN2S/c1-4(2)3-5-6(8)7(9)10-11-5/h4H,3H2,1-2H3,(H2,9,10). The lowest BCUT2D eigenvalue weighted by Crippen LogP contribution is -1.91. The zero-order valence-electron chi connectivity index (χ0n) is 6.60. The van der Waals surface area contributed by atoms with E-state index < -0.39 is 0 Å². The van der Waals surface area contributed by atoms with Gasteiger partial charge in [0.25, 0.3) is 0 Å². The van der Waals surface area contributed by atoms with Crippen molar-refractivity contribution >= 4 is 29.0 Å². The van der Waals surface area contributed by atoms with E-state index in [4.69, 9.17) is 17.3 Å². The number of nitrogen functional groups attached to an aromatic ring is 1. The largest absolute Gasteiger partial charge is 0.382 e. The third-order valence-electron chi connectivity index (χ3n) is 1.32. The fourth-order valence-corrected chi connectivity index (χ4v) is 1.99. The summed E-state index contributed by atoms with van der Waals surface area (Å²) in [6.07, 6.45) is 0.966. The van der Waals surface area contributed by atoms with E-state index in [1.54, 1.807) is 0 Å². The fourth-order valence-electron chi connectivity index (χ4n) is 0.825. The summed E-state index contributed by atoms with van der Waals surface area (Å²) < 4.78 is 3.96. The molecule has 0 aliphatic carbocycles. The highest BCUT2D eigenvalue weighted by molar-refractivity contribution is 7.06. The minimum Gasteiger partial charge on any atom is -0.382 e. The highest BCUT2D eigenvalue weighted by Gasteiger charge is 2.09. The summed E-state index contributed by atoms with van der Waals surface area (Å²) in [7, 11) is 0. The molecule has 2 nitrogen and oxygen atoms in total. The molecular formula is C7H11ClN2S. The Kier molecular flexibility index (Phi) is 2.73. The van der Waals surface area contributed by atoms with Crippen LogP contribution in [0.2, 0.25) is 5.02 Å². The first-order valence-electron chi connectivity index (χ1n) is 3.50. The molecule has 1 aromatic heterocycles. The maximum Gasteiger partial charge on any atom is 0.156 e. The average Bonchev–Trinajstić information content (AvgIpc) is 2.18. The lowest BCUT2D eigenvalue weighted by Gasteiger charge is -2.00. The Morgan fingerprint density at radius 2 is 2.27 bits per heavy atom. The molecule has 0 aliphatic heterocycles. The van der Waals surface area contributed by atoms with Crippen LogP contribution in [-0.2, 0) is 6.42 Å². The Bertz CT molecular complexity index is 245. The molecule has 0 bridgehead atoms. The third-order valence-corrected chi connectivity index (χ3v) is 2.73. The van der Waals surface area contributed by atoms with Crippen molar-refractivity contribution in [1.82, 2.24) is 4.37 Å². The van der Waals surface area contributed by atoms with Gasteiger partial charge in [0.1, 0.15) is 0 Å². The Morgan fingerprint density at radius 1 is 1.64 bits per heavy atom. The normalized spacial score (nSPS) is 10.9. The van der Waals surface area contributed by atoms with Crippen LogP contribution in [0.5, 0.6) is 0 Å². The Labute approximate surface area is 75.5 Å². The lowest BCUT2D eigenvalue weighted by atomic mass is 10.1. The van der Waals surface area contributed by atoms with E-state index in [1.165, 1.54) is 11.5 Å². The van der Waals surface area contributed by atoms with Gasteiger partial charge in [0.15, 0.2) is 5.82 Å². The molecule has 1 rings (SSSR count). The molecule has 0 aliphatic rings. The van der Waals surface area contributed by atoms with Gasteiger partial charge in [-0.15, -0.1) is 0 Å². The summed E-state index contributed by atoms with van der Waals surface area (Å²) in [6.45, 7) is 4.29. The zero-order chi connectivity index (χ0) is 8.43.